The zero-order chi connectivity index (χ0) is 30.0. The predicted molar refractivity (Wildman–Crippen MR) is 166 cm³/mol. The lowest BCUT2D eigenvalue weighted by atomic mass is 9.95. The van der Waals surface area contributed by atoms with Gasteiger partial charge in [0.15, 0.2) is 5.78 Å². The molecule has 6 rings (SSSR count). The maximum absolute atomic E-state index is 12.6. The van der Waals surface area contributed by atoms with Gasteiger partial charge in [0.2, 0.25) is 5.88 Å². The number of anilines is 1. The van der Waals surface area contributed by atoms with Crippen molar-refractivity contribution in [3.05, 3.63) is 71.9 Å². The molecule has 0 bridgehead atoms. The fraction of sp³-hybridized carbons (Fsp3) is 0.375. The molecular weight excluding hydrogens is 562 g/mol. The van der Waals surface area contributed by atoms with Crippen LogP contribution in [0.1, 0.15) is 34.1 Å². The summed E-state index contributed by atoms with van der Waals surface area (Å²) in [5.41, 5.74) is 3.26. The largest absolute Gasteiger partial charge is 0.493 e. The molecule has 0 aliphatic carbocycles. The van der Waals surface area contributed by atoms with Gasteiger partial charge in [0.05, 0.1) is 25.3 Å². The fourth-order valence-electron chi connectivity index (χ4n) is 5.30. The van der Waals surface area contributed by atoms with Gasteiger partial charge in [-0.25, -0.2) is 15.0 Å². The summed E-state index contributed by atoms with van der Waals surface area (Å²) < 4.78 is 26.1. The molecule has 0 amide bonds. The van der Waals surface area contributed by atoms with Gasteiger partial charge in [-0.1, -0.05) is 19.6 Å². The van der Waals surface area contributed by atoms with Crippen LogP contribution in [-0.4, -0.2) is 60.2 Å². The first-order chi connectivity index (χ1) is 20.8. The smallest absolute Gasteiger partial charge is 0.213 e. The zero-order valence-electron chi connectivity index (χ0n) is 25.1. The molecule has 0 saturated heterocycles. The van der Waals surface area contributed by atoms with Crippen LogP contribution in [-0.2, 0) is 17.9 Å². The number of carbonyl (C=O) groups is 1. The number of nitrogens with zero attached hydrogens (tertiary/aromatic N) is 4. The number of hydrogen-bond acceptors (Lipinski definition) is 9. The molecule has 0 spiro atoms. The molecule has 0 saturated carbocycles. The van der Waals surface area contributed by atoms with E-state index in [0.29, 0.717) is 68.1 Å². The quantitative estimate of drug-likeness (QED) is 0.169. The van der Waals surface area contributed by atoms with Crippen LogP contribution < -0.4 is 19.5 Å². The van der Waals surface area contributed by atoms with E-state index >= 15 is 0 Å². The molecule has 43 heavy (non-hydrogen) atoms. The van der Waals surface area contributed by atoms with Crippen LogP contribution in [0, 0.1) is 0 Å². The number of nitrogens with one attached hydrogen (secondary N) is 1. The molecule has 1 aromatic carbocycles. The number of fused-ring (bicyclic) bond motifs is 2. The fourth-order valence-corrected chi connectivity index (χ4v) is 6.06. The molecule has 11 heteroatoms. The summed E-state index contributed by atoms with van der Waals surface area (Å²) in [5.74, 6) is 3.99. The van der Waals surface area contributed by atoms with Gasteiger partial charge >= 0.3 is 0 Å². The standard InChI is InChI=1S/C32H37N5O5Si/c1-39-29-17-21(7-10-33-29)25-18-37(20-40-13-14-43(2,3)4)32(36-25)23-15-22-16-24(5-6-27(22)41-19-23)42-28-9-12-35-31-30(28)26(38)8-11-34-31/h5-7,9-10,12,16-18,23H,8,11,13-15,19-20H2,1-4H3,(H,34,35). The Hall–Kier alpha value is -4.22. The number of rotatable bonds is 10. The number of benzene rings is 1. The van der Waals surface area contributed by atoms with Gasteiger partial charge in [-0.2, -0.15) is 0 Å². The zero-order valence-corrected chi connectivity index (χ0v) is 26.1. The minimum atomic E-state index is -1.21. The molecule has 10 nitrogen and oxygen atoms in total. The van der Waals surface area contributed by atoms with Crippen LogP contribution >= 0.6 is 0 Å². The Morgan fingerprint density at radius 3 is 2.81 bits per heavy atom. The average molecular weight is 600 g/mol. The van der Waals surface area contributed by atoms with Gasteiger partial charge in [0.1, 0.15) is 41.2 Å². The second-order valence-electron chi connectivity index (χ2n) is 12.1. The molecular formula is C32H37N5O5Si. The number of aromatic nitrogens is 4. The molecule has 5 heterocycles. The Labute approximate surface area is 252 Å². The summed E-state index contributed by atoms with van der Waals surface area (Å²) in [7, 11) is 0.394. The first-order valence-electron chi connectivity index (χ1n) is 14.6. The predicted octanol–water partition coefficient (Wildman–Crippen LogP) is 6.17. The Morgan fingerprint density at radius 2 is 1.98 bits per heavy atom. The highest BCUT2D eigenvalue weighted by molar-refractivity contribution is 6.76. The van der Waals surface area contributed by atoms with Crippen LogP contribution in [0.2, 0.25) is 25.7 Å². The lowest BCUT2D eigenvalue weighted by molar-refractivity contribution is 0.0830. The highest BCUT2D eigenvalue weighted by Gasteiger charge is 2.28. The van der Waals surface area contributed by atoms with Gasteiger partial charge in [0, 0.05) is 63.9 Å². The number of ether oxygens (including phenoxy) is 4. The lowest BCUT2D eigenvalue weighted by Gasteiger charge is -2.26. The van der Waals surface area contributed by atoms with Crippen molar-refractivity contribution in [1.29, 1.82) is 0 Å². The van der Waals surface area contributed by atoms with Gasteiger partial charge in [-0.3, -0.25) is 4.79 Å². The number of Topliss-reactive ketones (excluding diaryl/α,β-unsaturated/α-hetero) is 1. The Morgan fingerprint density at radius 1 is 1.12 bits per heavy atom. The Bertz CT molecular complexity index is 1630. The van der Waals surface area contributed by atoms with Crippen LogP contribution in [0.3, 0.4) is 0 Å². The van der Waals surface area contributed by atoms with Crippen LogP contribution in [0.5, 0.6) is 23.1 Å². The first-order valence-corrected chi connectivity index (χ1v) is 18.3. The van der Waals surface area contributed by atoms with Crippen LogP contribution in [0.25, 0.3) is 11.3 Å². The third-order valence-corrected chi connectivity index (χ3v) is 9.35. The van der Waals surface area contributed by atoms with E-state index in [2.05, 4.69) is 39.5 Å². The van der Waals surface area contributed by atoms with Crippen molar-refractivity contribution < 1.29 is 23.7 Å². The van der Waals surface area contributed by atoms with E-state index in [0.717, 1.165) is 34.4 Å². The summed E-state index contributed by atoms with van der Waals surface area (Å²) in [5, 5.41) is 3.18. The minimum absolute atomic E-state index is 0.000265. The molecule has 1 N–H and O–H groups in total. The van der Waals surface area contributed by atoms with Crippen LogP contribution in [0.15, 0.2) is 55.0 Å². The van der Waals surface area contributed by atoms with E-state index in [1.807, 2.05) is 36.5 Å². The normalized spacial score (nSPS) is 16.1. The molecule has 1 unspecified atom stereocenters. The number of hydrogen-bond donors (Lipinski definition) is 1. The minimum Gasteiger partial charge on any atom is -0.493 e. The van der Waals surface area contributed by atoms with Crippen molar-refractivity contribution in [1.82, 2.24) is 19.5 Å². The SMILES string of the molecule is COc1cc(-c2cn(COCC[Si](C)(C)C)c(C3COc4ccc(Oc5ccnc6c5C(=O)CCN6)cc4C3)n2)ccn1. The van der Waals surface area contributed by atoms with Gasteiger partial charge < -0.3 is 28.8 Å². The van der Waals surface area contributed by atoms with Crippen molar-refractivity contribution in [2.75, 3.05) is 32.2 Å². The summed E-state index contributed by atoms with van der Waals surface area (Å²) in [4.78, 5) is 26.3. The topological polar surface area (TPSA) is 110 Å². The van der Waals surface area contributed by atoms with Gasteiger partial charge in [-0.05, 0) is 42.3 Å². The van der Waals surface area contributed by atoms with Gasteiger partial charge in [0.25, 0.3) is 0 Å². The molecule has 3 aromatic heterocycles. The third kappa shape index (κ3) is 6.57. The molecule has 2 aliphatic heterocycles. The number of carbonyl (C=O) groups excluding carboxylic acids is 1. The molecule has 2 aliphatic rings. The summed E-state index contributed by atoms with van der Waals surface area (Å²) >= 11 is 0. The Kier molecular flexibility index (Phi) is 8.18. The van der Waals surface area contributed by atoms with E-state index in [-0.39, 0.29) is 11.7 Å². The van der Waals surface area contributed by atoms with E-state index < -0.39 is 8.07 Å². The van der Waals surface area contributed by atoms with Crippen molar-refractivity contribution in [2.24, 2.45) is 0 Å². The molecule has 0 fully saturated rings. The number of methoxy groups -OCH3 is 1. The number of pyridine rings is 2. The van der Waals surface area contributed by atoms with Crippen LogP contribution in [0.4, 0.5) is 5.82 Å². The highest BCUT2D eigenvalue weighted by Crippen LogP contribution is 2.38. The lowest BCUT2D eigenvalue weighted by Crippen LogP contribution is -2.24. The first kappa shape index (κ1) is 28.9. The summed E-state index contributed by atoms with van der Waals surface area (Å²) in [6.45, 7) is 9.25. The molecule has 0 radical (unpaired) electrons. The second kappa shape index (κ2) is 12.2. The number of ketones is 1. The third-order valence-electron chi connectivity index (χ3n) is 7.64. The summed E-state index contributed by atoms with van der Waals surface area (Å²) in [6, 6.07) is 12.4. The monoisotopic (exact) mass is 599 g/mol. The molecule has 224 valence electrons. The number of imidazole rings is 1. The van der Waals surface area contributed by atoms with E-state index in [1.54, 1.807) is 25.6 Å². The second-order valence-corrected chi connectivity index (χ2v) is 17.7. The maximum atomic E-state index is 12.6. The maximum Gasteiger partial charge on any atom is 0.213 e. The average Bonchev–Trinajstić information content (AvgIpc) is 3.43. The van der Waals surface area contributed by atoms with Crippen molar-refractivity contribution >= 4 is 19.7 Å². The van der Waals surface area contributed by atoms with E-state index in [1.165, 1.54) is 0 Å². The van der Waals surface area contributed by atoms with E-state index in [4.69, 9.17) is 23.9 Å². The van der Waals surface area contributed by atoms with Gasteiger partial charge in [-0.15, -0.1) is 0 Å². The molecule has 4 aromatic rings. The van der Waals surface area contributed by atoms with Crippen molar-refractivity contribution in [3.8, 4) is 34.4 Å². The summed E-state index contributed by atoms with van der Waals surface area (Å²) in [6.07, 6.45) is 6.54. The van der Waals surface area contributed by atoms with Crippen molar-refractivity contribution in [3.63, 3.8) is 0 Å². The Balaban J connectivity index is 1.26. The molecule has 1 atom stereocenters. The van der Waals surface area contributed by atoms with Crippen molar-refractivity contribution in [2.45, 2.75) is 51.2 Å². The highest BCUT2D eigenvalue weighted by atomic mass is 28.3. The van der Waals surface area contributed by atoms with E-state index in [9.17, 15) is 4.79 Å².